The molecule has 3 N–H and O–H groups in total. The van der Waals surface area contributed by atoms with Gasteiger partial charge in [-0.25, -0.2) is 17.2 Å². The van der Waals surface area contributed by atoms with Gasteiger partial charge < -0.3 is 10.8 Å². The van der Waals surface area contributed by atoms with Gasteiger partial charge in [0.25, 0.3) is 0 Å². The van der Waals surface area contributed by atoms with E-state index in [4.69, 9.17) is 10.8 Å². The van der Waals surface area contributed by atoms with Crippen LogP contribution < -0.4 is 5.73 Å². The van der Waals surface area contributed by atoms with Crippen LogP contribution in [0.4, 0.5) is 8.78 Å². The topological polar surface area (TPSA) is 80.4 Å². The van der Waals surface area contributed by atoms with Crippen LogP contribution in [0, 0.1) is 11.6 Å². The summed E-state index contributed by atoms with van der Waals surface area (Å²) in [7, 11) is -3.65. The fraction of sp³-hybridized carbons (Fsp3) is 0.333. The van der Waals surface area contributed by atoms with E-state index in [-0.39, 0.29) is 10.5 Å². The van der Waals surface area contributed by atoms with Gasteiger partial charge in [-0.1, -0.05) is 0 Å². The minimum atomic E-state index is -3.65. The van der Waals surface area contributed by atoms with Gasteiger partial charge in [-0.15, -0.1) is 0 Å². The number of hydrogen-bond acceptors (Lipinski definition) is 4. The molecule has 1 aromatic carbocycles. The van der Waals surface area contributed by atoms with Crippen molar-refractivity contribution in [2.24, 2.45) is 5.73 Å². The summed E-state index contributed by atoms with van der Waals surface area (Å²) in [6, 6.07) is 0.351. The first-order valence-electron chi connectivity index (χ1n) is 4.32. The van der Waals surface area contributed by atoms with Crippen molar-refractivity contribution in [3.63, 3.8) is 0 Å². The van der Waals surface area contributed by atoms with E-state index >= 15 is 0 Å². The Hall–Kier alpha value is -1.05. The van der Waals surface area contributed by atoms with E-state index in [0.717, 1.165) is 12.3 Å². The molecule has 4 nitrogen and oxygen atoms in total. The summed E-state index contributed by atoms with van der Waals surface area (Å²) < 4.78 is 48.7. The zero-order valence-corrected chi connectivity index (χ0v) is 9.26. The molecule has 0 aliphatic heterocycles. The van der Waals surface area contributed by atoms with Crippen LogP contribution in [0.15, 0.2) is 17.0 Å². The minimum Gasteiger partial charge on any atom is -0.394 e. The van der Waals surface area contributed by atoms with Crippen molar-refractivity contribution in [3.05, 3.63) is 29.3 Å². The summed E-state index contributed by atoms with van der Waals surface area (Å²) in [4.78, 5) is -0.370. The van der Waals surface area contributed by atoms with E-state index in [1.54, 1.807) is 0 Å². The lowest BCUT2D eigenvalue weighted by molar-refractivity contribution is 0.264. The molecule has 0 fully saturated rings. The third-order valence-electron chi connectivity index (χ3n) is 2.05. The van der Waals surface area contributed by atoms with Gasteiger partial charge in [0.2, 0.25) is 0 Å². The number of nitrogens with two attached hydrogens (primary N) is 1. The van der Waals surface area contributed by atoms with Crippen LogP contribution >= 0.6 is 0 Å². The number of sulfone groups is 1. The second kappa shape index (κ2) is 4.44. The Morgan fingerprint density at radius 1 is 1.44 bits per heavy atom. The molecule has 0 spiro atoms. The minimum absolute atomic E-state index is 0.358. The first-order chi connectivity index (χ1) is 7.27. The molecule has 90 valence electrons. The molecule has 1 aromatic rings. The molecule has 0 aromatic heterocycles. The van der Waals surface area contributed by atoms with Gasteiger partial charge in [0.15, 0.2) is 21.5 Å². The fourth-order valence-corrected chi connectivity index (χ4v) is 1.83. The summed E-state index contributed by atoms with van der Waals surface area (Å²) in [5.41, 5.74) is 4.97. The standard InChI is InChI=1S/C9H11F2NO3S/c1-16(14,15)5-2-6(8(12)4-13)9(11)7(10)3-5/h2-3,8,13H,4,12H2,1H3. The second-order valence-electron chi connectivity index (χ2n) is 3.37. The molecule has 0 aliphatic carbocycles. The molecule has 0 bridgehead atoms. The van der Waals surface area contributed by atoms with Crippen molar-refractivity contribution in [2.75, 3.05) is 12.9 Å². The third-order valence-corrected chi connectivity index (χ3v) is 3.15. The van der Waals surface area contributed by atoms with Gasteiger partial charge in [0.05, 0.1) is 17.5 Å². The summed E-state index contributed by atoms with van der Waals surface area (Å²) in [6.07, 6.45) is 0.869. The van der Waals surface area contributed by atoms with Crippen LogP contribution in [0.25, 0.3) is 0 Å². The molecule has 0 saturated carbocycles. The van der Waals surface area contributed by atoms with E-state index < -0.39 is 34.1 Å². The fourth-order valence-electron chi connectivity index (χ4n) is 1.17. The van der Waals surface area contributed by atoms with E-state index in [0.29, 0.717) is 6.07 Å². The average molecular weight is 251 g/mol. The maximum atomic E-state index is 13.2. The number of benzene rings is 1. The van der Waals surface area contributed by atoms with Gasteiger partial charge >= 0.3 is 0 Å². The van der Waals surface area contributed by atoms with Gasteiger partial charge in [-0.3, -0.25) is 0 Å². The normalized spacial score (nSPS) is 13.8. The highest BCUT2D eigenvalue weighted by Gasteiger charge is 2.19. The Morgan fingerprint density at radius 2 is 2.00 bits per heavy atom. The molecule has 7 heteroatoms. The number of hydrogen-bond donors (Lipinski definition) is 2. The van der Waals surface area contributed by atoms with Crippen LogP contribution in [0.3, 0.4) is 0 Å². The lowest BCUT2D eigenvalue weighted by atomic mass is 10.1. The van der Waals surface area contributed by atoms with Crippen LogP contribution in [-0.4, -0.2) is 26.4 Å². The lowest BCUT2D eigenvalue weighted by Crippen LogP contribution is -2.17. The molecule has 0 radical (unpaired) electrons. The second-order valence-corrected chi connectivity index (χ2v) is 5.39. The number of aliphatic hydroxyl groups excluding tert-OH is 1. The van der Waals surface area contributed by atoms with Gasteiger partial charge in [0.1, 0.15) is 0 Å². The monoisotopic (exact) mass is 251 g/mol. The molecule has 16 heavy (non-hydrogen) atoms. The Kier molecular flexibility index (Phi) is 3.61. The van der Waals surface area contributed by atoms with Gasteiger partial charge in [-0.05, 0) is 12.1 Å². The SMILES string of the molecule is CS(=O)(=O)c1cc(F)c(F)c(C(N)CO)c1. The van der Waals surface area contributed by atoms with Crippen LogP contribution in [-0.2, 0) is 9.84 Å². The predicted octanol–water partition coefficient (Wildman–Crippen LogP) is 0.360. The molecular weight excluding hydrogens is 240 g/mol. The van der Waals surface area contributed by atoms with E-state index in [1.165, 1.54) is 0 Å². The van der Waals surface area contributed by atoms with Crippen LogP contribution in [0.1, 0.15) is 11.6 Å². The highest BCUT2D eigenvalue weighted by atomic mass is 32.2. The summed E-state index contributed by atoms with van der Waals surface area (Å²) >= 11 is 0. The first-order valence-corrected chi connectivity index (χ1v) is 6.22. The largest absolute Gasteiger partial charge is 0.394 e. The van der Waals surface area contributed by atoms with E-state index in [2.05, 4.69) is 0 Å². The quantitative estimate of drug-likeness (QED) is 0.760. The van der Waals surface area contributed by atoms with Crippen LogP contribution in [0.2, 0.25) is 0 Å². The van der Waals surface area contributed by atoms with Crippen molar-refractivity contribution in [1.82, 2.24) is 0 Å². The molecule has 1 rings (SSSR count). The maximum Gasteiger partial charge on any atom is 0.175 e. The molecule has 0 heterocycles. The van der Waals surface area contributed by atoms with Crippen molar-refractivity contribution < 1.29 is 22.3 Å². The molecule has 0 saturated heterocycles. The third kappa shape index (κ3) is 2.55. The summed E-state index contributed by atoms with van der Waals surface area (Å²) in [6.45, 7) is -0.608. The van der Waals surface area contributed by atoms with E-state index in [1.807, 2.05) is 0 Å². The predicted molar refractivity (Wildman–Crippen MR) is 53.5 cm³/mol. The van der Waals surface area contributed by atoms with Crippen molar-refractivity contribution in [1.29, 1.82) is 0 Å². The lowest BCUT2D eigenvalue weighted by Gasteiger charge is -2.11. The number of halogens is 2. The molecule has 1 atom stereocenters. The average Bonchev–Trinajstić information content (AvgIpc) is 2.19. The summed E-state index contributed by atoms with van der Waals surface area (Å²) in [5.74, 6) is -2.55. The maximum absolute atomic E-state index is 13.2. The summed E-state index contributed by atoms with van der Waals surface area (Å²) in [5, 5.41) is 8.73. The highest BCUT2D eigenvalue weighted by molar-refractivity contribution is 7.90. The van der Waals surface area contributed by atoms with Gasteiger partial charge in [0, 0.05) is 11.8 Å². The smallest absolute Gasteiger partial charge is 0.175 e. The van der Waals surface area contributed by atoms with E-state index in [9.17, 15) is 17.2 Å². The zero-order valence-electron chi connectivity index (χ0n) is 8.44. The highest BCUT2D eigenvalue weighted by Crippen LogP contribution is 2.22. The van der Waals surface area contributed by atoms with Crippen molar-refractivity contribution >= 4 is 9.84 Å². The number of rotatable bonds is 3. The molecule has 0 aliphatic rings. The number of aliphatic hydroxyl groups is 1. The Morgan fingerprint density at radius 3 is 2.44 bits per heavy atom. The van der Waals surface area contributed by atoms with Crippen molar-refractivity contribution in [2.45, 2.75) is 10.9 Å². The Labute approximate surface area is 91.6 Å². The zero-order chi connectivity index (χ0) is 12.5. The molecular formula is C9H11F2NO3S. The first kappa shape index (κ1) is 13.0. The Bertz CT molecular complexity index is 502. The van der Waals surface area contributed by atoms with Crippen molar-refractivity contribution in [3.8, 4) is 0 Å². The molecule has 0 amide bonds. The Balaban J connectivity index is 3.45. The molecule has 1 unspecified atom stereocenters. The van der Waals surface area contributed by atoms with Gasteiger partial charge in [-0.2, -0.15) is 0 Å². The van der Waals surface area contributed by atoms with Crippen LogP contribution in [0.5, 0.6) is 0 Å².